The molecule has 0 aliphatic carbocycles. The molecule has 0 fully saturated rings. The number of rotatable bonds is 10. The maximum absolute atomic E-state index is 12.6. The van der Waals surface area contributed by atoms with E-state index in [0.29, 0.717) is 29.6 Å². The minimum atomic E-state index is -0.656. The molecule has 0 bridgehead atoms. The largest absolute Gasteiger partial charge is 0.456 e. The zero-order valence-electron chi connectivity index (χ0n) is 19.2. The molecule has 0 aliphatic rings. The van der Waals surface area contributed by atoms with E-state index in [-0.39, 0.29) is 31.0 Å². The molecular formula is C24H27N5O5. The van der Waals surface area contributed by atoms with E-state index in [1.165, 1.54) is 4.90 Å². The van der Waals surface area contributed by atoms with Crippen molar-refractivity contribution in [3.63, 3.8) is 0 Å². The molecule has 0 radical (unpaired) electrons. The number of carbonyl (C=O) groups is 3. The fraction of sp³-hybridized carbons (Fsp3) is 0.333. The maximum atomic E-state index is 12.6. The van der Waals surface area contributed by atoms with Crippen molar-refractivity contribution in [2.45, 2.75) is 33.2 Å². The van der Waals surface area contributed by atoms with Crippen LogP contribution < -0.4 is 10.9 Å². The Morgan fingerprint density at radius 2 is 1.82 bits per heavy atom. The molecule has 1 N–H and O–H groups in total. The molecular weight excluding hydrogens is 438 g/mol. The summed E-state index contributed by atoms with van der Waals surface area (Å²) in [6.45, 7) is 3.44. The van der Waals surface area contributed by atoms with Crippen molar-refractivity contribution < 1.29 is 19.1 Å². The molecule has 10 nitrogen and oxygen atoms in total. The second-order valence-corrected chi connectivity index (χ2v) is 7.72. The molecule has 2 aromatic carbocycles. The molecule has 178 valence electrons. The summed E-state index contributed by atoms with van der Waals surface area (Å²) in [5, 5.41) is 11.0. The lowest BCUT2D eigenvalue weighted by molar-refractivity contribution is -0.152. The zero-order valence-corrected chi connectivity index (χ0v) is 19.2. The Morgan fingerprint density at radius 1 is 1.09 bits per heavy atom. The first-order valence-electron chi connectivity index (χ1n) is 11.0. The van der Waals surface area contributed by atoms with Crippen LogP contribution in [-0.2, 0) is 25.7 Å². The minimum Gasteiger partial charge on any atom is -0.456 e. The number of aromatic nitrogens is 3. The highest BCUT2D eigenvalue weighted by molar-refractivity contribution is 5.95. The number of para-hydroxylation sites is 1. The highest BCUT2D eigenvalue weighted by Gasteiger charge is 2.19. The number of fused-ring (bicyclic) bond motifs is 1. The number of nitrogens with zero attached hydrogens (tertiary/aromatic N) is 4. The molecule has 0 spiro atoms. The Hall–Kier alpha value is -4.08. The molecule has 0 saturated heterocycles. The van der Waals surface area contributed by atoms with Gasteiger partial charge in [-0.05, 0) is 37.1 Å². The number of aryl methyl sites for hydroxylation is 2. The summed E-state index contributed by atoms with van der Waals surface area (Å²) in [7, 11) is 0. The first-order chi connectivity index (χ1) is 16.4. The monoisotopic (exact) mass is 465 g/mol. The number of carbonyl (C=O) groups excluding carboxylic acids is 3. The summed E-state index contributed by atoms with van der Waals surface area (Å²) in [6.07, 6.45) is 0.489. The molecule has 2 amide bonds. The van der Waals surface area contributed by atoms with Gasteiger partial charge >= 0.3 is 5.97 Å². The van der Waals surface area contributed by atoms with Crippen molar-refractivity contribution in [3.05, 3.63) is 64.4 Å². The van der Waals surface area contributed by atoms with Crippen LogP contribution in [0, 0.1) is 6.92 Å². The molecule has 0 saturated carbocycles. The zero-order chi connectivity index (χ0) is 24.5. The van der Waals surface area contributed by atoms with Crippen molar-refractivity contribution in [1.29, 1.82) is 0 Å². The Kier molecular flexibility index (Phi) is 8.44. The summed E-state index contributed by atoms with van der Waals surface area (Å²) in [6, 6.07) is 14.1. The number of nitrogens with one attached hydrogen (secondary N) is 1. The van der Waals surface area contributed by atoms with Crippen LogP contribution in [0.15, 0.2) is 53.3 Å². The first-order valence-corrected chi connectivity index (χ1v) is 11.0. The Bertz CT molecular complexity index is 1240. The summed E-state index contributed by atoms with van der Waals surface area (Å²) in [5.41, 5.74) is 1.70. The van der Waals surface area contributed by atoms with Crippen LogP contribution >= 0.6 is 0 Å². The molecule has 3 aromatic rings. The van der Waals surface area contributed by atoms with Gasteiger partial charge in [0, 0.05) is 12.2 Å². The number of amides is 2. The third-order valence-electron chi connectivity index (χ3n) is 5.11. The summed E-state index contributed by atoms with van der Waals surface area (Å²) in [5.74, 6) is -1.47. The Morgan fingerprint density at radius 3 is 2.59 bits per heavy atom. The van der Waals surface area contributed by atoms with Gasteiger partial charge in [0.2, 0.25) is 5.91 Å². The van der Waals surface area contributed by atoms with Gasteiger partial charge in [-0.25, -0.2) is 4.68 Å². The van der Waals surface area contributed by atoms with Crippen molar-refractivity contribution in [3.8, 4) is 0 Å². The van der Waals surface area contributed by atoms with Crippen molar-refractivity contribution >= 4 is 34.4 Å². The second-order valence-electron chi connectivity index (χ2n) is 7.72. The van der Waals surface area contributed by atoms with Crippen LogP contribution in [0.4, 0.5) is 5.69 Å². The van der Waals surface area contributed by atoms with E-state index in [2.05, 4.69) is 15.6 Å². The topological polar surface area (TPSA) is 123 Å². The summed E-state index contributed by atoms with van der Waals surface area (Å²) < 4.78 is 6.16. The fourth-order valence-electron chi connectivity index (χ4n) is 3.31. The van der Waals surface area contributed by atoms with Crippen molar-refractivity contribution in [2.24, 2.45) is 0 Å². The number of hydrogen-bond acceptors (Lipinski definition) is 7. The van der Waals surface area contributed by atoms with Crippen LogP contribution in [0.3, 0.4) is 0 Å². The van der Waals surface area contributed by atoms with Crippen LogP contribution in [0.5, 0.6) is 0 Å². The minimum absolute atomic E-state index is 0.0266. The fourth-order valence-corrected chi connectivity index (χ4v) is 3.31. The van der Waals surface area contributed by atoms with Crippen LogP contribution in [-0.4, -0.2) is 57.4 Å². The average Bonchev–Trinajstić information content (AvgIpc) is 2.83. The normalized spacial score (nSPS) is 10.6. The predicted octanol–water partition coefficient (Wildman–Crippen LogP) is 1.91. The Balaban J connectivity index is 1.50. The SMILES string of the molecule is CCCN(CC(=O)Nc1ccccc1C)C(=O)COC(=O)CCn1nnc2ccccc2c1=O. The van der Waals surface area contributed by atoms with Gasteiger partial charge in [0.05, 0.1) is 24.9 Å². The lowest BCUT2D eigenvalue weighted by atomic mass is 10.2. The van der Waals surface area contributed by atoms with Gasteiger partial charge in [-0.15, -0.1) is 5.10 Å². The van der Waals surface area contributed by atoms with Crippen LogP contribution in [0.2, 0.25) is 0 Å². The number of esters is 1. The van der Waals surface area contributed by atoms with E-state index in [1.807, 2.05) is 32.0 Å². The third-order valence-corrected chi connectivity index (χ3v) is 5.11. The Labute approximate surface area is 196 Å². The molecule has 3 rings (SSSR count). The smallest absolute Gasteiger partial charge is 0.308 e. The van der Waals surface area contributed by atoms with E-state index in [4.69, 9.17) is 4.74 Å². The number of anilines is 1. The van der Waals surface area contributed by atoms with Crippen molar-refractivity contribution in [1.82, 2.24) is 19.9 Å². The van der Waals surface area contributed by atoms with Gasteiger partial charge in [0.1, 0.15) is 5.52 Å². The second kappa shape index (κ2) is 11.7. The quantitative estimate of drug-likeness (QED) is 0.454. The molecule has 1 aromatic heterocycles. The van der Waals surface area contributed by atoms with E-state index < -0.39 is 18.5 Å². The summed E-state index contributed by atoms with van der Waals surface area (Å²) >= 11 is 0. The van der Waals surface area contributed by atoms with Crippen molar-refractivity contribution in [2.75, 3.05) is 25.0 Å². The lowest BCUT2D eigenvalue weighted by Gasteiger charge is -2.21. The molecule has 10 heteroatoms. The number of hydrogen-bond donors (Lipinski definition) is 1. The van der Waals surface area contributed by atoms with E-state index in [9.17, 15) is 19.2 Å². The van der Waals surface area contributed by atoms with Gasteiger partial charge in [-0.1, -0.05) is 42.5 Å². The van der Waals surface area contributed by atoms with Gasteiger partial charge < -0.3 is 15.0 Å². The molecule has 0 atom stereocenters. The lowest BCUT2D eigenvalue weighted by Crippen LogP contribution is -2.41. The molecule has 1 heterocycles. The van der Waals surface area contributed by atoms with Crippen LogP contribution in [0.25, 0.3) is 10.9 Å². The highest BCUT2D eigenvalue weighted by Crippen LogP contribution is 2.13. The molecule has 34 heavy (non-hydrogen) atoms. The first kappa shape index (κ1) is 24.6. The van der Waals surface area contributed by atoms with E-state index in [0.717, 1.165) is 10.2 Å². The van der Waals surface area contributed by atoms with E-state index >= 15 is 0 Å². The average molecular weight is 466 g/mol. The van der Waals surface area contributed by atoms with Crippen LogP contribution in [0.1, 0.15) is 25.3 Å². The van der Waals surface area contributed by atoms with Gasteiger partial charge in [-0.3, -0.25) is 19.2 Å². The summed E-state index contributed by atoms with van der Waals surface area (Å²) in [4.78, 5) is 50.9. The molecule has 0 aliphatic heterocycles. The number of ether oxygens (including phenoxy) is 1. The predicted molar refractivity (Wildman–Crippen MR) is 126 cm³/mol. The van der Waals surface area contributed by atoms with Gasteiger partial charge in [-0.2, -0.15) is 0 Å². The van der Waals surface area contributed by atoms with Gasteiger partial charge in [0.15, 0.2) is 6.61 Å². The standard InChI is InChI=1S/C24H27N5O5/c1-3-13-28(15-21(30)25-19-10-6-4-8-17(19)2)22(31)16-34-23(32)12-14-29-24(33)18-9-5-7-11-20(18)26-27-29/h4-11H,3,12-16H2,1-2H3,(H,25,30). The van der Waals surface area contributed by atoms with Gasteiger partial charge in [0.25, 0.3) is 11.5 Å². The third kappa shape index (κ3) is 6.47. The molecule has 0 unspecified atom stereocenters. The maximum Gasteiger partial charge on any atom is 0.308 e. The highest BCUT2D eigenvalue weighted by atomic mass is 16.5. The van der Waals surface area contributed by atoms with E-state index in [1.54, 1.807) is 30.3 Å². The number of benzene rings is 2.